The fraction of sp³-hybridized carbons (Fsp3) is 0.0714. The molecule has 9 heteroatoms. The summed E-state index contributed by atoms with van der Waals surface area (Å²) in [7, 11) is 0. The molecule has 0 aliphatic carbocycles. The highest BCUT2D eigenvalue weighted by atomic mass is 35.5. The van der Waals surface area contributed by atoms with Crippen LogP contribution in [0.2, 0.25) is 20.1 Å². The van der Waals surface area contributed by atoms with Crippen LogP contribution in [0.25, 0.3) is 0 Å². The van der Waals surface area contributed by atoms with Gasteiger partial charge in [0.25, 0.3) is 0 Å². The molecule has 1 N–H and O–H groups in total. The van der Waals surface area contributed by atoms with Gasteiger partial charge in [-0.3, -0.25) is 4.79 Å². The van der Waals surface area contributed by atoms with Gasteiger partial charge in [-0.15, -0.1) is 11.8 Å². The van der Waals surface area contributed by atoms with Gasteiger partial charge in [-0.1, -0.05) is 46.4 Å². The maximum atomic E-state index is 13.1. The lowest BCUT2D eigenvalue weighted by molar-refractivity contribution is -0.113. The second-order valence-corrected chi connectivity index (χ2v) is 6.88. The Balaban J connectivity index is 2.07. The number of anilines is 1. The molecule has 23 heavy (non-hydrogen) atoms. The molecule has 0 saturated heterocycles. The monoisotopic (exact) mass is 415 g/mol. The van der Waals surface area contributed by atoms with Gasteiger partial charge in [0.15, 0.2) is 11.6 Å². The van der Waals surface area contributed by atoms with Crippen molar-refractivity contribution in [3.05, 3.63) is 56.0 Å². The van der Waals surface area contributed by atoms with Crippen LogP contribution in [0, 0.1) is 11.6 Å². The van der Waals surface area contributed by atoms with Crippen molar-refractivity contribution in [3.63, 3.8) is 0 Å². The van der Waals surface area contributed by atoms with Crippen LogP contribution in [0.4, 0.5) is 14.5 Å². The average molecular weight is 417 g/mol. The number of carbonyl (C=O) groups is 1. The van der Waals surface area contributed by atoms with Crippen molar-refractivity contribution >= 4 is 69.8 Å². The maximum absolute atomic E-state index is 13.1. The molecule has 0 saturated carbocycles. The molecule has 0 unspecified atom stereocenters. The molecule has 2 aromatic rings. The van der Waals surface area contributed by atoms with Crippen molar-refractivity contribution in [1.82, 2.24) is 0 Å². The van der Waals surface area contributed by atoms with E-state index < -0.39 is 17.5 Å². The van der Waals surface area contributed by atoms with Crippen molar-refractivity contribution in [1.29, 1.82) is 0 Å². The fourth-order valence-corrected chi connectivity index (χ4v) is 3.20. The maximum Gasteiger partial charge on any atom is 0.234 e. The lowest BCUT2D eigenvalue weighted by atomic mass is 10.3. The molecular weight excluding hydrogens is 410 g/mol. The Labute approximate surface area is 155 Å². The van der Waals surface area contributed by atoms with Crippen LogP contribution in [0.15, 0.2) is 29.2 Å². The summed E-state index contributed by atoms with van der Waals surface area (Å²) < 4.78 is 25.9. The van der Waals surface area contributed by atoms with E-state index in [1.165, 1.54) is 12.1 Å². The second kappa shape index (κ2) is 7.90. The van der Waals surface area contributed by atoms with Crippen LogP contribution in [-0.2, 0) is 4.79 Å². The first kappa shape index (κ1) is 18.6. The number of hydrogen-bond acceptors (Lipinski definition) is 2. The van der Waals surface area contributed by atoms with Crippen LogP contribution in [0.1, 0.15) is 0 Å². The van der Waals surface area contributed by atoms with Gasteiger partial charge in [-0.2, -0.15) is 0 Å². The van der Waals surface area contributed by atoms with Gasteiger partial charge in [0.05, 0.1) is 31.5 Å². The average Bonchev–Trinajstić information content (AvgIpc) is 2.51. The number of rotatable bonds is 4. The zero-order valence-corrected chi connectivity index (χ0v) is 14.9. The van der Waals surface area contributed by atoms with Gasteiger partial charge >= 0.3 is 0 Å². The molecule has 2 aromatic carbocycles. The number of amides is 1. The van der Waals surface area contributed by atoms with Gasteiger partial charge < -0.3 is 5.32 Å². The van der Waals surface area contributed by atoms with Gasteiger partial charge in [0, 0.05) is 4.90 Å². The number of benzene rings is 2. The largest absolute Gasteiger partial charge is 0.323 e. The molecular formula is C14H7Cl4F2NOS. The molecule has 0 bridgehead atoms. The minimum absolute atomic E-state index is 0.0623. The van der Waals surface area contributed by atoms with Gasteiger partial charge in [0.1, 0.15) is 0 Å². The standard InChI is InChI=1S/C14H7Cl4F2NOS/c15-7-4-8(16)13(18)14(12(7)17)21-11(22)5-23-6-1-2-9(19)10(20)3-6/h1-4H,5H2,(H,21,22). The smallest absolute Gasteiger partial charge is 0.234 e. The quantitative estimate of drug-likeness (QED) is 0.467. The highest BCUT2D eigenvalue weighted by Crippen LogP contribution is 2.41. The first-order chi connectivity index (χ1) is 10.8. The Morgan fingerprint density at radius 1 is 1.00 bits per heavy atom. The molecule has 0 aromatic heterocycles. The highest BCUT2D eigenvalue weighted by molar-refractivity contribution is 8.00. The number of nitrogens with one attached hydrogen (secondary N) is 1. The Bertz CT molecular complexity index is 747. The van der Waals surface area contributed by atoms with Crippen molar-refractivity contribution < 1.29 is 13.6 Å². The number of hydrogen-bond donors (Lipinski definition) is 1. The molecule has 0 atom stereocenters. The Morgan fingerprint density at radius 3 is 2.17 bits per heavy atom. The molecule has 2 rings (SSSR count). The van der Waals surface area contributed by atoms with Crippen LogP contribution >= 0.6 is 58.2 Å². The topological polar surface area (TPSA) is 29.1 Å². The van der Waals surface area contributed by atoms with E-state index in [1.54, 1.807) is 0 Å². The number of halogens is 6. The van der Waals surface area contributed by atoms with Crippen molar-refractivity contribution in [2.75, 3.05) is 11.1 Å². The zero-order valence-electron chi connectivity index (χ0n) is 11.1. The Hall–Kier alpha value is -0.720. The van der Waals surface area contributed by atoms with E-state index in [9.17, 15) is 13.6 Å². The van der Waals surface area contributed by atoms with Crippen LogP contribution < -0.4 is 5.32 Å². The summed E-state index contributed by atoms with van der Waals surface area (Å²) >= 11 is 24.7. The summed E-state index contributed by atoms with van der Waals surface area (Å²) in [6.45, 7) is 0. The molecule has 0 aliphatic rings. The first-order valence-corrected chi connectivity index (χ1v) is 8.50. The van der Waals surface area contributed by atoms with E-state index in [-0.39, 0.29) is 31.5 Å². The van der Waals surface area contributed by atoms with Crippen molar-refractivity contribution in [3.8, 4) is 0 Å². The van der Waals surface area contributed by atoms with Crippen LogP contribution in [-0.4, -0.2) is 11.7 Å². The summed E-state index contributed by atoms with van der Waals surface area (Å²) in [6.07, 6.45) is 0. The minimum atomic E-state index is -0.983. The van der Waals surface area contributed by atoms with Crippen molar-refractivity contribution in [2.24, 2.45) is 0 Å². The Kier molecular flexibility index (Phi) is 6.40. The molecule has 2 nitrogen and oxygen atoms in total. The predicted molar refractivity (Wildman–Crippen MR) is 92.2 cm³/mol. The van der Waals surface area contributed by atoms with Gasteiger partial charge in [0.2, 0.25) is 5.91 Å². The summed E-state index contributed by atoms with van der Waals surface area (Å²) in [5, 5.41) is 2.91. The van der Waals surface area contributed by atoms with Crippen LogP contribution in [0.3, 0.4) is 0 Å². The van der Waals surface area contributed by atoms with Crippen LogP contribution in [0.5, 0.6) is 0 Å². The SMILES string of the molecule is O=C(CSc1ccc(F)c(F)c1)Nc1c(Cl)c(Cl)cc(Cl)c1Cl. The molecule has 0 aliphatic heterocycles. The van der Waals surface area contributed by atoms with Gasteiger partial charge in [-0.25, -0.2) is 8.78 Å². The number of thioether (sulfide) groups is 1. The van der Waals surface area contributed by atoms with E-state index in [0.717, 1.165) is 23.9 Å². The predicted octanol–water partition coefficient (Wildman–Crippen LogP) is 6.31. The molecule has 0 spiro atoms. The molecule has 1 amide bonds. The highest BCUT2D eigenvalue weighted by Gasteiger charge is 2.16. The summed E-state index contributed by atoms with van der Waals surface area (Å²) in [5.74, 6) is -2.46. The van der Waals surface area contributed by atoms with E-state index in [0.29, 0.717) is 4.90 Å². The molecule has 0 radical (unpaired) electrons. The van der Waals surface area contributed by atoms with E-state index in [1.807, 2.05) is 0 Å². The fourth-order valence-electron chi connectivity index (χ4n) is 1.57. The lowest BCUT2D eigenvalue weighted by Crippen LogP contribution is -2.15. The third kappa shape index (κ3) is 4.64. The summed E-state index contributed by atoms with van der Waals surface area (Å²) in [6, 6.07) is 4.72. The van der Waals surface area contributed by atoms with E-state index in [4.69, 9.17) is 46.4 Å². The third-order valence-electron chi connectivity index (χ3n) is 2.64. The van der Waals surface area contributed by atoms with E-state index >= 15 is 0 Å². The lowest BCUT2D eigenvalue weighted by Gasteiger charge is -2.11. The second-order valence-electron chi connectivity index (χ2n) is 4.26. The normalized spacial score (nSPS) is 10.7. The first-order valence-electron chi connectivity index (χ1n) is 6.00. The molecule has 0 fully saturated rings. The molecule has 0 heterocycles. The van der Waals surface area contributed by atoms with Crippen molar-refractivity contribution in [2.45, 2.75) is 4.90 Å². The minimum Gasteiger partial charge on any atom is -0.323 e. The molecule has 122 valence electrons. The van der Waals surface area contributed by atoms with E-state index in [2.05, 4.69) is 5.32 Å². The van der Waals surface area contributed by atoms with Gasteiger partial charge in [-0.05, 0) is 24.3 Å². The third-order valence-corrected chi connectivity index (χ3v) is 5.21. The number of carbonyl (C=O) groups excluding carboxylic acids is 1. The zero-order chi connectivity index (χ0) is 17.1. The Morgan fingerprint density at radius 2 is 1.61 bits per heavy atom. The summed E-state index contributed by atoms with van der Waals surface area (Å²) in [4.78, 5) is 12.4. The summed E-state index contributed by atoms with van der Waals surface area (Å²) in [5.41, 5.74) is 0.0988.